The summed E-state index contributed by atoms with van der Waals surface area (Å²) in [6.07, 6.45) is 2.68. The lowest BCUT2D eigenvalue weighted by molar-refractivity contribution is 0.296. The van der Waals surface area contributed by atoms with Crippen LogP contribution in [0.25, 0.3) is 0 Å². The highest BCUT2D eigenvalue weighted by Crippen LogP contribution is 2.36. The molecule has 0 atom stereocenters. The maximum Gasteiger partial charge on any atom is 0.243 e. The van der Waals surface area contributed by atoms with Crippen LogP contribution in [0.3, 0.4) is 0 Å². The lowest BCUT2D eigenvalue weighted by Gasteiger charge is -2.21. The molecule has 1 aliphatic carbocycles. The van der Waals surface area contributed by atoms with Gasteiger partial charge in [0.25, 0.3) is 0 Å². The second kappa shape index (κ2) is 6.15. The van der Waals surface area contributed by atoms with Gasteiger partial charge < -0.3 is 9.47 Å². The van der Waals surface area contributed by atoms with E-state index < -0.39 is 10.0 Å². The zero-order valence-corrected chi connectivity index (χ0v) is 13.0. The molecule has 0 saturated heterocycles. The second-order valence-electron chi connectivity index (χ2n) is 5.41. The van der Waals surface area contributed by atoms with E-state index in [9.17, 15) is 8.42 Å². The van der Waals surface area contributed by atoms with Gasteiger partial charge >= 0.3 is 0 Å². The Balaban J connectivity index is 1.91. The fourth-order valence-electron chi connectivity index (χ4n) is 2.46. The van der Waals surface area contributed by atoms with E-state index in [2.05, 4.69) is 0 Å². The Kier molecular flexibility index (Phi) is 4.23. The SMILES string of the molecule is N#CCCN(C1CC1)S(=O)(=O)c1ccc2c(c1)OCCCO2. The van der Waals surface area contributed by atoms with Crippen LogP contribution in [0.4, 0.5) is 0 Å². The third kappa shape index (κ3) is 3.03. The van der Waals surface area contributed by atoms with E-state index in [-0.39, 0.29) is 23.9 Å². The van der Waals surface area contributed by atoms with Crippen molar-refractivity contribution in [2.24, 2.45) is 0 Å². The van der Waals surface area contributed by atoms with Gasteiger partial charge in [-0.2, -0.15) is 9.57 Å². The molecule has 1 saturated carbocycles. The topological polar surface area (TPSA) is 79.6 Å². The van der Waals surface area contributed by atoms with E-state index in [1.54, 1.807) is 12.1 Å². The van der Waals surface area contributed by atoms with E-state index in [4.69, 9.17) is 14.7 Å². The number of sulfonamides is 1. The van der Waals surface area contributed by atoms with Crippen molar-refractivity contribution >= 4 is 10.0 Å². The average Bonchev–Trinajstić information content (AvgIpc) is 3.33. The molecule has 0 spiro atoms. The third-order valence-corrected chi connectivity index (χ3v) is 5.67. The predicted octanol–water partition coefficient (Wildman–Crippen LogP) is 1.91. The minimum Gasteiger partial charge on any atom is -0.490 e. The van der Waals surface area contributed by atoms with Crippen molar-refractivity contribution in [2.75, 3.05) is 19.8 Å². The Morgan fingerprint density at radius 1 is 1.23 bits per heavy atom. The fraction of sp³-hybridized carbons (Fsp3) is 0.533. The Hall–Kier alpha value is -1.78. The van der Waals surface area contributed by atoms with Gasteiger partial charge in [-0.05, 0) is 25.0 Å². The first-order valence-electron chi connectivity index (χ1n) is 7.41. The standard InChI is InChI=1S/C15H18N2O4S/c16-7-1-8-17(12-3-4-12)22(18,19)13-5-6-14-15(11-13)21-10-2-9-20-14/h5-6,11-12H,1-4,8-10H2. The maximum atomic E-state index is 12.8. The maximum absolute atomic E-state index is 12.8. The van der Waals surface area contributed by atoms with E-state index in [1.807, 2.05) is 6.07 Å². The number of hydrogen-bond donors (Lipinski definition) is 0. The molecule has 7 heteroatoms. The van der Waals surface area contributed by atoms with Crippen LogP contribution in [0, 0.1) is 11.3 Å². The predicted molar refractivity (Wildman–Crippen MR) is 79.2 cm³/mol. The fourth-order valence-corrected chi connectivity index (χ4v) is 4.16. The lowest BCUT2D eigenvalue weighted by Crippen LogP contribution is -2.34. The number of rotatable bonds is 5. The number of benzene rings is 1. The van der Waals surface area contributed by atoms with Gasteiger partial charge in [-0.25, -0.2) is 8.42 Å². The van der Waals surface area contributed by atoms with Crippen LogP contribution in [-0.4, -0.2) is 38.5 Å². The highest BCUT2D eigenvalue weighted by Gasteiger charge is 2.38. The van der Waals surface area contributed by atoms with Gasteiger partial charge in [0.05, 0.1) is 24.2 Å². The molecule has 6 nitrogen and oxygen atoms in total. The van der Waals surface area contributed by atoms with E-state index in [0.717, 1.165) is 19.3 Å². The number of nitriles is 1. The summed E-state index contributed by atoms with van der Waals surface area (Å²) < 4.78 is 38.1. The van der Waals surface area contributed by atoms with Gasteiger partial charge in [0, 0.05) is 31.5 Å². The molecule has 2 aliphatic rings. The second-order valence-corrected chi connectivity index (χ2v) is 7.30. The van der Waals surface area contributed by atoms with E-state index in [1.165, 1.54) is 10.4 Å². The molecule has 118 valence electrons. The van der Waals surface area contributed by atoms with Gasteiger partial charge in [-0.1, -0.05) is 0 Å². The van der Waals surface area contributed by atoms with Crippen molar-refractivity contribution in [2.45, 2.75) is 36.6 Å². The molecule has 1 aromatic rings. The van der Waals surface area contributed by atoms with Crippen molar-refractivity contribution in [3.8, 4) is 17.6 Å². The average molecular weight is 322 g/mol. The first-order chi connectivity index (χ1) is 10.6. The lowest BCUT2D eigenvalue weighted by atomic mass is 10.3. The summed E-state index contributed by atoms with van der Waals surface area (Å²) in [6.45, 7) is 1.31. The van der Waals surface area contributed by atoms with Crippen LogP contribution in [0.5, 0.6) is 11.5 Å². The molecule has 1 fully saturated rings. The highest BCUT2D eigenvalue weighted by atomic mass is 32.2. The first kappa shape index (κ1) is 15.1. The molecule has 0 unspecified atom stereocenters. The van der Waals surface area contributed by atoms with Gasteiger partial charge in [-0.15, -0.1) is 0 Å². The summed E-state index contributed by atoms with van der Waals surface area (Å²) >= 11 is 0. The summed E-state index contributed by atoms with van der Waals surface area (Å²) in [5.74, 6) is 1.04. The quantitative estimate of drug-likeness (QED) is 0.827. The van der Waals surface area contributed by atoms with Gasteiger partial charge in [-0.3, -0.25) is 0 Å². The Bertz CT molecular complexity index is 692. The molecule has 0 aromatic heterocycles. The third-order valence-electron chi connectivity index (χ3n) is 3.72. The van der Waals surface area contributed by atoms with Crippen LogP contribution < -0.4 is 9.47 Å². The van der Waals surface area contributed by atoms with Crippen molar-refractivity contribution in [1.82, 2.24) is 4.31 Å². The molecule has 3 rings (SSSR count). The van der Waals surface area contributed by atoms with Crippen LogP contribution in [0.1, 0.15) is 25.7 Å². The number of ether oxygens (including phenoxy) is 2. The molecular formula is C15H18N2O4S. The summed E-state index contributed by atoms with van der Waals surface area (Å²) in [5, 5.41) is 8.73. The van der Waals surface area contributed by atoms with Crippen molar-refractivity contribution in [3.05, 3.63) is 18.2 Å². The van der Waals surface area contributed by atoms with Gasteiger partial charge in [0.1, 0.15) is 0 Å². The molecule has 1 heterocycles. The van der Waals surface area contributed by atoms with E-state index in [0.29, 0.717) is 24.7 Å². The summed E-state index contributed by atoms with van der Waals surface area (Å²) in [7, 11) is -3.61. The van der Waals surface area contributed by atoms with Gasteiger partial charge in [0.2, 0.25) is 10.0 Å². The first-order valence-corrected chi connectivity index (χ1v) is 8.85. The largest absolute Gasteiger partial charge is 0.490 e. The van der Waals surface area contributed by atoms with Crippen molar-refractivity contribution < 1.29 is 17.9 Å². The molecule has 0 bridgehead atoms. The van der Waals surface area contributed by atoms with Crippen LogP contribution >= 0.6 is 0 Å². The Morgan fingerprint density at radius 2 is 1.95 bits per heavy atom. The number of fused-ring (bicyclic) bond motifs is 1. The Morgan fingerprint density at radius 3 is 2.64 bits per heavy atom. The minimum absolute atomic E-state index is 0.0225. The molecule has 0 N–H and O–H groups in total. The van der Waals surface area contributed by atoms with Crippen LogP contribution in [0.2, 0.25) is 0 Å². The van der Waals surface area contributed by atoms with Crippen LogP contribution in [0.15, 0.2) is 23.1 Å². The molecule has 0 radical (unpaired) electrons. The minimum atomic E-state index is -3.61. The molecular weight excluding hydrogens is 304 g/mol. The molecule has 1 aromatic carbocycles. The van der Waals surface area contributed by atoms with E-state index >= 15 is 0 Å². The molecule has 0 amide bonds. The normalized spacial score (nSPS) is 17.8. The molecule has 22 heavy (non-hydrogen) atoms. The zero-order chi connectivity index (χ0) is 15.6. The smallest absolute Gasteiger partial charge is 0.243 e. The van der Waals surface area contributed by atoms with Gasteiger partial charge in [0.15, 0.2) is 11.5 Å². The number of hydrogen-bond acceptors (Lipinski definition) is 5. The summed E-state index contributed by atoms with van der Waals surface area (Å²) in [5.41, 5.74) is 0. The highest BCUT2D eigenvalue weighted by molar-refractivity contribution is 7.89. The Labute approximate surface area is 130 Å². The summed E-state index contributed by atoms with van der Waals surface area (Å²) in [6, 6.07) is 6.75. The molecule has 1 aliphatic heterocycles. The van der Waals surface area contributed by atoms with Crippen molar-refractivity contribution in [3.63, 3.8) is 0 Å². The zero-order valence-electron chi connectivity index (χ0n) is 12.2. The number of nitrogens with zero attached hydrogens (tertiary/aromatic N) is 2. The monoisotopic (exact) mass is 322 g/mol. The van der Waals surface area contributed by atoms with Crippen LogP contribution in [-0.2, 0) is 10.0 Å². The van der Waals surface area contributed by atoms with Crippen molar-refractivity contribution in [1.29, 1.82) is 5.26 Å². The summed E-state index contributed by atoms with van der Waals surface area (Å²) in [4.78, 5) is 0.196.